The molecule has 4 heteroatoms. The minimum Gasteiger partial charge on any atom is -0.444 e. The fraction of sp³-hybridized carbons (Fsp3) is 0.611. The number of hydrogen-bond donors (Lipinski definition) is 2. The van der Waals surface area contributed by atoms with Gasteiger partial charge in [0.2, 0.25) is 0 Å². The molecular weight excluding hydrogens is 276 g/mol. The minimum absolute atomic E-state index is 0.417. The average Bonchev–Trinajstić information content (AvgIpc) is 2.65. The second-order valence-electron chi connectivity index (χ2n) is 7.04. The summed E-state index contributed by atoms with van der Waals surface area (Å²) in [6, 6.07) is 8.38. The summed E-state index contributed by atoms with van der Waals surface area (Å²) in [5.41, 5.74) is 1.33. The molecule has 1 amide bonds. The van der Waals surface area contributed by atoms with E-state index in [0.29, 0.717) is 6.04 Å². The van der Waals surface area contributed by atoms with E-state index in [9.17, 15) is 4.79 Å². The third-order valence-corrected chi connectivity index (χ3v) is 3.73. The van der Waals surface area contributed by atoms with Crippen LogP contribution in [0.5, 0.6) is 0 Å². The fourth-order valence-electron chi connectivity index (χ4n) is 2.77. The van der Waals surface area contributed by atoms with Gasteiger partial charge in [0.05, 0.1) is 0 Å². The highest BCUT2D eigenvalue weighted by Crippen LogP contribution is 2.23. The van der Waals surface area contributed by atoms with Crippen LogP contribution in [0.2, 0.25) is 0 Å². The lowest BCUT2D eigenvalue weighted by Crippen LogP contribution is -2.27. The van der Waals surface area contributed by atoms with Crippen LogP contribution in [0.1, 0.15) is 59.3 Å². The quantitative estimate of drug-likeness (QED) is 0.758. The molecule has 0 bridgehead atoms. The van der Waals surface area contributed by atoms with Gasteiger partial charge in [-0.2, -0.15) is 0 Å². The molecule has 1 saturated carbocycles. The predicted octanol–water partition coefficient (Wildman–Crippen LogP) is 5.17. The Balaban J connectivity index is 1.93. The normalized spacial score (nSPS) is 16.7. The van der Waals surface area contributed by atoms with E-state index in [4.69, 9.17) is 4.74 Å². The third-order valence-electron chi connectivity index (χ3n) is 3.73. The highest BCUT2D eigenvalue weighted by Gasteiger charge is 2.16. The molecule has 1 fully saturated rings. The van der Waals surface area contributed by atoms with E-state index in [2.05, 4.69) is 10.6 Å². The number of carbonyl (C=O) groups is 1. The van der Waals surface area contributed by atoms with Gasteiger partial charge in [-0.1, -0.05) is 31.7 Å². The van der Waals surface area contributed by atoms with Crippen LogP contribution in [0.25, 0.3) is 0 Å². The van der Waals surface area contributed by atoms with Gasteiger partial charge in [0.25, 0.3) is 0 Å². The zero-order valence-corrected chi connectivity index (χ0v) is 13.9. The first-order valence-electron chi connectivity index (χ1n) is 8.29. The lowest BCUT2D eigenvalue weighted by molar-refractivity contribution is 0.0636. The topological polar surface area (TPSA) is 50.4 Å². The summed E-state index contributed by atoms with van der Waals surface area (Å²) in [6.45, 7) is 5.57. The Bertz CT molecular complexity index is 486. The number of ether oxygens (including phenoxy) is 1. The van der Waals surface area contributed by atoms with Crippen LogP contribution in [0, 0.1) is 0 Å². The van der Waals surface area contributed by atoms with E-state index in [-0.39, 0.29) is 0 Å². The molecule has 0 aliphatic heterocycles. The van der Waals surface area contributed by atoms with Gasteiger partial charge in [0.1, 0.15) is 5.60 Å². The van der Waals surface area contributed by atoms with Gasteiger partial charge >= 0.3 is 6.09 Å². The van der Waals surface area contributed by atoms with Crippen LogP contribution >= 0.6 is 0 Å². The van der Waals surface area contributed by atoms with Crippen molar-refractivity contribution in [2.75, 3.05) is 10.6 Å². The molecule has 2 N–H and O–H groups in total. The molecule has 4 nitrogen and oxygen atoms in total. The summed E-state index contributed by atoms with van der Waals surface area (Å²) in [4.78, 5) is 11.8. The van der Waals surface area contributed by atoms with Crippen LogP contribution in [0.4, 0.5) is 16.2 Å². The summed E-state index contributed by atoms with van der Waals surface area (Å²) >= 11 is 0. The maximum absolute atomic E-state index is 11.8. The zero-order chi connectivity index (χ0) is 16.0. The van der Waals surface area contributed by atoms with Crippen LogP contribution in [0.15, 0.2) is 24.3 Å². The summed E-state index contributed by atoms with van der Waals surface area (Å²) in [5, 5.41) is 6.38. The molecule has 1 aliphatic carbocycles. The number of amides is 1. The Labute approximate surface area is 133 Å². The molecule has 0 unspecified atom stereocenters. The molecule has 2 rings (SSSR count). The molecule has 0 atom stereocenters. The highest BCUT2D eigenvalue weighted by molar-refractivity contribution is 5.85. The second kappa shape index (κ2) is 7.52. The molecule has 0 saturated heterocycles. The zero-order valence-electron chi connectivity index (χ0n) is 13.9. The van der Waals surface area contributed by atoms with Crippen molar-refractivity contribution in [1.82, 2.24) is 0 Å². The van der Waals surface area contributed by atoms with Gasteiger partial charge in [-0.25, -0.2) is 4.79 Å². The maximum atomic E-state index is 11.8. The first-order valence-corrected chi connectivity index (χ1v) is 8.29. The van der Waals surface area contributed by atoms with E-state index in [1.54, 1.807) is 0 Å². The lowest BCUT2D eigenvalue weighted by atomic mass is 10.1. The van der Waals surface area contributed by atoms with E-state index >= 15 is 0 Å². The van der Waals surface area contributed by atoms with Crippen molar-refractivity contribution in [2.24, 2.45) is 0 Å². The van der Waals surface area contributed by atoms with Crippen LogP contribution in [0.3, 0.4) is 0 Å². The molecule has 0 heterocycles. The Kier molecular flexibility index (Phi) is 5.69. The number of benzene rings is 1. The SMILES string of the molecule is CC(C)(C)OC(=O)Nc1cccc(NC2CCCCCC2)c1. The highest BCUT2D eigenvalue weighted by atomic mass is 16.6. The summed E-state index contributed by atoms with van der Waals surface area (Å²) in [7, 11) is 0. The molecule has 122 valence electrons. The third kappa shape index (κ3) is 5.96. The van der Waals surface area contributed by atoms with Gasteiger partial charge in [-0.05, 0) is 51.8 Å². The van der Waals surface area contributed by atoms with Gasteiger partial charge in [0, 0.05) is 17.4 Å². The number of nitrogens with one attached hydrogen (secondary N) is 2. The fourth-order valence-corrected chi connectivity index (χ4v) is 2.77. The Morgan fingerprint density at radius 3 is 2.36 bits per heavy atom. The van der Waals surface area contributed by atoms with Crippen molar-refractivity contribution in [3.63, 3.8) is 0 Å². The number of anilines is 2. The van der Waals surface area contributed by atoms with Crippen molar-refractivity contribution in [2.45, 2.75) is 70.9 Å². The molecule has 1 aromatic carbocycles. The molecule has 0 spiro atoms. The van der Waals surface area contributed by atoms with Crippen LogP contribution in [-0.2, 0) is 4.74 Å². The minimum atomic E-state index is -0.486. The smallest absolute Gasteiger partial charge is 0.412 e. The van der Waals surface area contributed by atoms with Gasteiger partial charge in [0.15, 0.2) is 0 Å². The van der Waals surface area contributed by atoms with E-state index in [1.165, 1.54) is 38.5 Å². The molecule has 1 aromatic rings. The monoisotopic (exact) mass is 304 g/mol. The van der Waals surface area contributed by atoms with Crippen molar-refractivity contribution in [3.05, 3.63) is 24.3 Å². The summed E-state index contributed by atoms with van der Waals surface area (Å²) in [5.74, 6) is 0. The van der Waals surface area contributed by atoms with Gasteiger partial charge in [-0.3, -0.25) is 5.32 Å². The maximum Gasteiger partial charge on any atom is 0.412 e. The number of rotatable bonds is 3. The van der Waals surface area contributed by atoms with Crippen molar-refractivity contribution in [3.8, 4) is 0 Å². The van der Waals surface area contributed by atoms with Crippen LogP contribution < -0.4 is 10.6 Å². The van der Waals surface area contributed by atoms with Crippen molar-refractivity contribution >= 4 is 17.5 Å². The Morgan fingerprint density at radius 2 is 1.73 bits per heavy atom. The summed E-state index contributed by atoms with van der Waals surface area (Å²) in [6.07, 6.45) is 7.32. The first kappa shape index (κ1) is 16.7. The van der Waals surface area contributed by atoms with E-state index < -0.39 is 11.7 Å². The first-order chi connectivity index (χ1) is 10.4. The molecule has 22 heavy (non-hydrogen) atoms. The van der Waals surface area contributed by atoms with Crippen LogP contribution in [-0.4, -0.2) is 17.7 Å². The second-order valence-corrected chi connectivity index (χ2v) is 7.04. The Morgan fingerprint density at radius 1 is 1.09 bits per heavy atom. The number of carbonyl (C=O) groups excluding carboxylic acids is 1. The Hall–Kier alpha value is -1.71. The standard InChI is InChI=1S/C18H28N2O2/c1-18(2,3)22-17(21)20-16-12-8-11-15(13-16)19-14-9-6-4-5-7-10-14/h8,11-14,19H,4-7,9-10H2,1-3H3,(H,20,21). The molecule has 0 aromatic heterocycles. The van der Waals surface area contributed by atoms with E-state index in [0.717, 1.165) is 11.4 Å². The van der Waals surface area contributed by atoms with Gasteiger partial charge in [-0.15, -0.1) is 0 Å². The van der Waals surface area contributed by atoms with E-state index in [1.807, 2.05) is 45.0 Å². The summed E-state index contributed by atoms with van der Waals surface area (Å²) < 4.78 is 5.28. The average molecular weight is 304 g/mol. The largest absolute Gasteiger partial charge is 0.444 e. The lowest BCUT2D eigenvalue weighted by Gasteiger charge is -2.20. The van der Waals surface area contributed by atoms with Gasteiger partial charge < -0.3 is 10.1 Å². The molecule has 1 aliphatic rings. The molecular formula is C18H28N2O2. The molecule has 0 radical (unpaired) electrons. The number of hydrogen-bond acceptors (Lipinski definition) is 3. The van der Waals surface area contributed by atoms with Crippen molar-refractivity contribution in [1.29, 1.82) is 0 Å². The predicted molar refractivity (Wildman–Crippen MR) is 91.4 cm³/mol. The van der Waals surface area contributed by atoms with Crippen molar-refractivity contribution < 1.29 is 9.53 Å².